The van der Waals surface area contributed by atoms with E-state index in [1.54, 1.807) is 0 Å². The maximum absolute atomic E-state index is 7.41. The number of ether oxygens (including phenoxy) is 1. The fourth-order valence-corrected chi connectivity index (χ4v) is 3.09. The van der Waals surface area contributed by atoms with Gasteiger partial charge in [-0.15, -0.1) is 0 Å². The molecule has 0 radical (unpaired) electrons. The van der Waals surface area contributed by atoms with E-state index in [1.165, 1.54) is 11.8 Å². The number of hydrogen-bond acceptors (Lipinski definition) is 6. The Bertz CT molecular complexity index is 709. The number of amidine groups is 1. The lowest BCUT2D eigenvalue weighted by molar-refractivity contribution is 0.0985. The summed E-state index contributed by atoms with van der Waals surface area (Å²) in [5.74, 6) is 2.16. The van der Waals surface area contributed by atoms with Crippen molar-refractivity contribution in [3.8, 4) is 11.4 Å². The van der Waals surface area contributed by atoms with Crippen molar-refractivity contribution in [1.29, 1.82) is 5.41 Å². The van der Waals surface area contributed by atoms with Crippen LogP contribution < -0.4 is 10.6 Å². The summed E-state index contributed by atoms with van der Waals surface area (Å²) in [6.45, 7) is 4.34. The number of nitrogens with one attached hydrogen (secondary N) is 1. The number of thioether (sulfide) groups is 1. The molecule has 1 aromatic carbocycles. The van der Waals surface area contributed by atoms with E-state index >= 15 is 0 Å². The highest BCUT2D eigenvalue weighted by Gasteiger charge is 2.21. The summed E-state index contributed by atoms with van der Waals surface area (Å²) in [4.78, 5) is 11.7. The van der Waals surface area contributed by atoms with Gasteiger partial charge in [-0.1, -0.05) is 42.1 Å². The Morgan fingerprint density at radius 2 is 2.17 bits per heavy atom. The summed E-state index contributed by atoms with van der Waals surface area (Å²) in [5.41, 5.74) is 7.32. The van der Waals surface area contributed by atoms with Gasteiger partial charge in [-0.25, -0.2) is 9.97 Å². The summed E-state index contributed by atoms with van der Waals surface area (Å²) < 4.78 is 5.52. The zero-order valence-electron chi connectivity index (χ0n) is 13.6. The SMILES string of the molecule is C[C@H]1COCCN1c1cc(CSC(=N)N)nc(-c2ccccc2)n1. The Morgan fingerprint density at radius 3 is 2.88 bits per heavy atom. The van der Waals surface area contributed by atoms with Gasteiger partial charge in [0.05, 0.1) is 24.9 Å². The van der Waals surface area contributed by atoms with Crippen LogP contribution in [0.4, 0.5) is 5.82 Å². The Hall–Kier alpha value is -2.12. The van der Waals surface area contributed by atoms with Gasteiger partial charge in [0.2, 0.25) is 0 Å². The first-order valence-electron chi connectivity index (χ1n) is 7.88. The number of morpholine rings is 1. The molecule has 0 spiro atoms. The van der Waals surface area contributed by atoms with Crippen molar-refractivity contribution in [2.45, 2.75) is 18.7 Å². The molecule has 0 saturated carbocycles. The van der Waals surface area contributed by atoms with Gasteiger partial charge >= 0.3 is 0 Å². The molecule has 3 rings (SSSR count). The monoisotopic (exact) mass is 343 g/mol. The third-order valence-corrected chi connectivity index (χ3v) is 4.59. The van der Waals surface area contributed by atoms with Crippen molar-refractivity contribution >= 4 is 22.7 Å². The van der Waals surface area contributed by atoms with Crippen LogP contribution in [0.1, 0.15) is 12.6 Å². The number of nitrogens with zero attached hydrogens (tertiary/aromatic N) is 3. The summed E-state index contributed by atoms with van der Waals surface area (Å²) in [6.07, 6.45) is 0. The first-order valence-corrected chi connectivity index (χ1v) is 8.86. The molecule has 1 aromatic heterocycles. The van der Waals surface area contributed by atoms with Gasteiger partial charge in [-0.3, -0.25) is 5.41 Å². The van der Waals surface area contributed by atoms with E-state index in [0.717, 1.165) is 23.6 Å². The highest BCUT2D eigenvalue weighted by molar-refractivity contribution is 8.13. The van der Waals surface area contributed by atoms with Crippen molar-refractivity contribution < 1.29 is 4.74 Å². The molecule has 0 aliphatic carbocycles. The minimum absolute atomic E-state index is 0.0937. The Morgan fingerprint density at radius 1 is 1.38 bits per heavy atom. The van der Waals surface area contributed by atoms with Gasteiger partial charge in [0.15, 0.2) is 11.0 Å². The molecule has 1 aliphatic heterocycles. The average Bonchev–Trinajstić information content (AvgIpc) is 2.61. The molecule has 1 fully saturated rings. The van der Waals surface area contributed by atoms with Crippen LogP contribution in [0.3, 0.4) is 0 Å². The maximum atomic E-state index is 7.41. The van der Waals surface area contributed by atoms with Crippen molar-refractivity contribution in [3.63, 3.8) is 0 Å². The van der Waals surface area contributed by atoms with E-state index in [0.29, 0.717) is 24.8 Å². The number of rotatable bonds is 4. The van der Waals surface area contributed by atoms with Crippen LogP contribution in [-0.4, -0.2) is 40.9 Å². The van der Waals surface area contributed by atoms with Crippen LogP contribution in [-0.2, 0) is 10.5 Å². The van der Waals surface area contributed by atoms with Crippen molar-refractivity contribution in [2.75, 3.05) is 24.7 Å². The smallest absolute Gasteiger partial charge is 0.161 e. The number of benzene rings is 1. The van der Waals surface area contributed by atoms with Crippen LogP contribution in [0, 0.1) is 5.41 Å². The van der Waals surface area contributed by atoms with Crippen molar-refractivity contribution in [1.82, 2.24) is 9.97 Å². The predicted octanol–water partition coefficient (Wildman–Crippen LogP) is 2.50. The second-order valence-electron chi connectivity index (χ2n) is 5.68. The summed E-state index contributed by atoms with van der Waals surface area (Å²) in [7, 11) is 0. The maximum Gasteiger partial charge on any atom is 0.161 e. The van der Waals surface area contributed by atoms with Crippen LogP contribution in [0.25, 0.3) is 11.4 Å². The number of aromatic nitrogens is 2. The molecule has 6 nitrogen and oxygen atoms in total. The fourth-order valence-electron chi connectivity index (χ4n) is 2.64. The molecular formula is C17H21N5OS. The number of nitrogens with two attached hydrogens (primary N) is 1. The minimum atomic E-state index is 0.0937. The first kappa shape index (κ1) is 16.7. The molecule has 24 heavy (non-hydrogen) atoms. The van der Waals surface area contributed by atoms with E-state index in [9.17, 15) is 0 Å². The van der Waals surface area contributed by atoms with E-state index in [4.69, 9.17) is 20.9 Å². The van der Waals surface area contributed by atoms with Gasteiger partial charge in [0, 0.05) is 23.9 Å². The summed E-state index contributed by atoms with van der Waals surface area (Å²) in [6, 6.07) is 12.2. The Kier molecular flexibility index (Phi) is 5.32. The van der Waals surface area contributed by atoms with Crippen LogP contribution in [0.15, 0.2) is 36.4 Å². The van der Waals surface area contributed by atoms with Crippen molar-refractivity contribution in [2.24, 2.45) is 5.73 Å². The molecule has 1 saturated heterocycles. The highest BCUT2D eigenvalue weighted by atomic mass is 32.2. The second kappa shape index (κ2) is 7.63. The molecule has 1 atom stereocenters. The third-order valence-electron chi connectivity index (χ3n) is 3.84. The lowest BCUT2D eigenvalue weighted by atomic mass is 10.2. The Balaban J connectivity index is 1.97. The largest absolute Gasteiger partial charge is 0.379 e. The average molecular weight is 343 g/mol. The molecule has 0 amide bonds. The number of hydrogen-bond donors (Lipinski definition) is 2. The standard InChI is InChI=1S/C17H21N5OS/c1-12-10-23-8-7-22(12)15-9-14(11-24-17(18)19)20-16(21-15)13-5-3-2-4-6-13/h2-6,9,12H,7-8,10-11H2,1H3,(H3,18,19)/t12-/m0/s1. The molecule has 126 valence electrons. The predicted molar refractivity (Wildman–Crippen MR) is 98.3 cm³/mol. The van der Waals surface area contributed by atoms with Crippen molar-refractivity contribution in [3.05, 3.63) is 42.1 Å². The van der Waals surface area contributed by atoms with Gasteiger partial charge < -0.3 is 15.4 Å². The number of anilines is 1. The van der Waals surface area contributed by atoms with E-state index in [-0.39, 0.29) is 11.2 Å². The molecule has 2 aromatic rings. The molecular weight excluding hydrogens is 322 g/mol. The van der Waals surface area contributed by atoms with Crippen LogP contribution in [0.2, 0.25) is 0 Å². The van der Waals surface area contributed by atoms with Gasteiger partial charge in [-0.05, 0) is 6.92 Å². The normalized spacial score (nSPS) is 17.7. The fraction of sp³-hybridized carbons (Fsp3) is 0.353. The lowest BCUT2D eigenvalue weighted by Crippen LogP contribution is -2.44. The molecule has 1 aliphatic rings. The zero-order valence-corrected chi connectivity index (χ0v) is 14.4. The van der Waals surface area contributed by atoms with Crippen LogP contribution in [0.5, 0.6) is 0 Å². The summed E-state index contributed by atoms with van der Waals surface area (Å²) >= 11 is 1.27. The topological polar surface area (TPSA) is 88.1 Å². The highest BCUT2D eigenvalue weighted by Crippen LogP contribution is 2.24. The van der Waals surface area contributed by atoms with E-state index in [1.807, 2.05) is 36.4 Å². The lowest BCUT2D eigenvalue weighted by Gasteiger charge is -2.34. The van der Waals surface area contributed by atoms with E-state index in [2.05, 4.69) is 16.8 Å². The second-order valence-corrected chi connectivity index (χ2v) is 6.69. The zero-order chi connectivity index (χ0) is 16.9. The van der Waals surface area contributed by atoms with Gasteiger partial charge in [0.1, 0.15) is 5.82 Å². The summed E-state index contributed by atoms with van der Waals surface area (Å²) in [5, 5.41) is 7.51. The van der Waals surface area contributed by atoms with Crippen LogP contribution >= 0.6 is 11.8 Å². The van der Waals surface area contributed by atoms with Gasteiger partial charge in [-0.2, -0.15) is 0 Å². The molecule has 7 heteroatoms. The third kappa shape index (κ3) is 4.04. The van der Waals surface area contributed by atoms with Gasteiger partial charge in [0.25, 0.3) is 0 Å². The quantitative estimate of drug-likeness (QED) is 0.655. The Labute approximate surface area is 145 Å². The molecule has 2 heterocycles. The van der Waals surface area contributed by atoms with E-state index < -0.39 is 0 Å². The first-order chi connectivity index (χ1) is 11.6. The molecule has 0 bridgehead atoms. The molecule has 3 N–H and O–H groups in total. The molecule has 0 unspecified atom stereocenters. The minimum Gasteiger partial charge on any atom is -0.379 e.